The lowest BCUT2D eigenvalue weighted by Gasteiger charge is -2.41. The highest BCUT2D eigenvalue weighted by atomic mass is 16.5. The second-order valence-corrected chi connectivity index (χ2v) is 8.15. The lowest BCUT2D eigenvalue weighted by atomic mass is 10.1. The van der Waals surface area contributed by atoms with Gasteiger partial charge in [-0.05, 0) is 44.9 Å². The van der Waals surface area contributed by atoms with Crippen molar-refractivity contribution in [2.75, 3.05) is 25.1 Å². The largest absolute Gasteiger partial charge is 0.497 e. The average molecular weight is 419 g/mol. The molecule has 4 heterocycles. The fraction of sp³-hybridized carbons (Fsp3) is 0.409. The molecule has 0 saturated carbocycles. The summed E-state index contributed by atoms with van der Waals surface area (Å²) in [5.74, 6) is 1.41. The van der Waals surface area contributed by atoms with Gasteiger partial charge in [0.25, 0.3) is 5.91 Å². The van der Waals surface area contributed by atoms with Gasteiger partial charge in [0, 0.05) is 42.6 Å². The van der Waals surface area contributed by atoms with Crippen molar-refractivity contribution in [2.45, 2.75) is 38.8 Å². The molecule has 2 aromatic heterocycles. The first-order valence-electron chi connectivity index (χ1n) is 10.5. The maximum absolute atomic E-state index is 13.6. The third-order valence-electron chi connectivity index (χ3n) is 6.04. The Labute approximate surface area is 180 Å². The second-order valence-electron chi connectivity index (χ2n) is 8.15. The number of piperazine rings is 1. The molecule has 3 aromatic rings. The lowest BCUT2D eigenvalue weighted by molar-refractivity contribution is 0.0716. The lowest BCUT2D eigenvalue weighted by Crippen LogP contribution is -2.56. The summed E-state index contributed by atoms with van der Waals surface area (Å²) in [6, 6.07) is 7.80. The van der Waals surface area contributed by atoms with Crippen molar-refractivity contribution in [2.24, 2.45) is 0 Å². The van der Waals surface area contributed by atoms with Gasteiger partial charge < -0.3 is 14.5 Å². The monoisotopic (exact) mass is 419 g/mol. The van der Waals surface area contributed by atoms with Gasteiger partial charge in [0.15, 0.2) is 0 Å². The standard InChI is InChI=1S/C22H25N7O2/c1-14-10-15(2)26-22(25-14)28-16-4-5-17(28)13-27(12-16)21(30)19-7-6-18(31-3)11-20(19)29-23-8-9-24-29/h6-11,16-17H,4-5,12-13H2,1-3H3. The Morgan fingerprint density at radius 1 is 1.00 bits per heavy atom. The minimum atomic E-state index is -0.0205. The van der Waals surface area contributed by atoms with E-state index in [-0.39, 0.29) is 18.0 Å². The van der Waals surface area contributed by atoms with E-state index in [0.29, 0.717) is 30.1 Å². The van der Waals surface area contributed by atoms with E-state index < -0.39 is 0 Å². The van der Waals surface area contributed by atoms with Gasteiger partial charge in [-0.2, -0.15) is 15.0 Å². The molecule has 1 amide bonds. The maximum atomic E-state index is 13.6. The molecule has 2 unspecified atom stereocenters. The molecular weight excluding hydrogens is 394 g/mol. The van der Waals surface area contributed by atoms with Crippen molar-refractivity contribution in [1.82, 2.24) is 29.9 Å². The van der Waals surface area contributed by atoms with Crippen LogP contribution in [-0.4, -0.2) is 68.1 Å². The van der Waals surface area contributed by atoms with Gasteiger partial charge in [0.05, 0.1) is 25.1 Å². The van der Waals surface area contributed by atoms with E-state index in [9.17, 15) is 4.79 Å². The molecular formula is C22H25N7O2. The van der Waals surface area contributed by atoms with Gasteiger partial charge in [0.2, 0.25) is 5.95 Å². The number of aromatic nitrogens is 5. The SMILES string of the molecule is COc1ccc(C(=O)N2CC3CCC(C2)N3c2nc(C)cc(C)n2)c(-n2nccn2)c1. The maximum Gasteiger partial charge on any atom is 0.256 e. The van der Waals surface area contributed by atoms with Crippen molar-refractivity contribution < 1.29 is 9.53 Å². The number of amides is 1. The number of carbonyl (C=O) groups is 1. The highest BCUT2D eigenvalue weighted by molar-refractivity contribution is 5.98. The zero-order valence-electron chi connectivity index (χ0n) is 17.9. The van der Waals surface area contributed by atoms with Crippen molar-refractivity contribution in [3.8, 4) is 11.4 Å². The van der Waals surface area contributed by atoms with Crippen LogP contribution in [0.2, 0.25) is 0 Å². The highest BCUT2D eigenvalue weighted by Gasteiger charge is 2.43. The Bertz CT molecular complexity index is 1080. The predicted molar refractivity (Wildman–Crippen MR) is 115 cm³/mol. The average Bonchev–Trinajstić information content (AvgIpc) is 3.38. The highest BCUT2D eigenvalue weighted by Crippen LogP contribution is 2.34. The number of ether oxygens (including phenoxy) is 1. The van der Waals surface area contributed by atoms with Crippen LogP contribution in [0, 0.1) is 13.8 Å². The molecule has 2 bridgehead atoms. The van der Waals surface area contributed by atoms with Gasteiger partial charge >= 0.3 is 0 Å². The van der Waals surface area contributed by atoms with E-state index >= 15 is 0 Å². The fourth-order valence-corrected chi connectivity index (χ4v) is 4.71. The quantitative estimate of drug-likeness (QED) is 0.640. The fourth-order valence-electron chi connectivity index (χ4n) is 4.71. The normalized spacial score (nSPS) is 20.2. The number of nitrogens with zero attached hydrogens (tertiary/aromatic N) is 7. The number of anilines is 1. The number of fused-ring (bicyclic) bond motifs is 2. The summed E-state index contributed by atoms with van der Waals surface area (Å²) in [7, 11) is 1.60. The van der Waals surface area contributed by atoms with E-state index in [4.69, 9.17) is 4.74 Å². The second kappa shape index (κ2) is 7.64. The predicted octanol–water partition coefficient (Wildman–Crippen LogP) is 2.18. The van der Waals surface area contributed by atoms with Gasteiger partial charge in [-0.15, -0.1) is 0 Å². The van der Waals surface area contributed by atoms with E-state index in [1.54, 1.807) is 37.7 Å². The summed E-state index contributed by atoms with van der Waals surface area (Å²) in [4.78, 5) is 28.6. The minimum absolute atomic E-state index is 0.0205. The molecule has 9 heteroatoms. The Morgan fingerprint density at radius 2 is 1.65 bits per heavy atom. The van der Waals surface area contributed by atoms with Gasteiger partial charge in [-0.1, -0.05) is 0 Å². The van der Waals surface area contributed by atoms with Gasteiger partial charge in [-0.25, -0.2) is 9.97 Å². The van der Waals surface area contributed by atoms with E-state index in [0.717, 1.165) is 30.2 Å². The summed E-state index contributed by atoms with van der Waals surface area (Å²) in [6.45, 7) is 5.27. The van der Waals surface area contributed by atoms with Crippen molar-refractivity contribution >= 4 is 11.9 Å². The topological polar surface area (TPSA) is 89.3 Å². The number of likely N-dealkylation sites (tertiary alicyclic amines) is 1. The van der Waals surface area contributed by atoms with Crippen LogP contribution in [0.4, 0.5) is 5.95 Å². The molecule has 0 aliphatic carbocycles. The molecule has 0 N–H and O–H groups in total. The summed E-state index contributed by atoms with van der Waals surface area (Å²) in [5.41, 5.74) is 3.11. The van der Waals surface area contributed by atoms with Crippen LogP contribution in [-0.2, 0) is 0 Å². The first-order valence-corrected chi connectivity index (χ1v) is 10.5. The third kappa shape index (κ3) is 3.49. The van der Waals surface area contributed by atoms with Crippen LogP contribution < -0.4 is 9.64 Å². The summed E-state index contributed by atoms with van der Waals surface area (Å²) < 4.78 is 5.35. The zero-order valence-corrected chi connectivity index (χ0v) is 17.9. The number of carbonyl (C=O) groups excluding carboxylic acids is 1. The number of methoxy groups -OCH3 is 1. The molecule has 2 saturated heterocycles. The number of benzene rings is 1. The Hall–Kier alpha value is -3.49. The Kier molecular flexibility index (Phi) is 4.80. The molecule has 2 atom stereocenters. The van der Waals surface area contributed by atoms with Crippen LogP contribution in [0.25, 0.3) is 5.69 Å². The van der Waals surface area contributed by atoms with Crippen LogP contribution in [0.5, 0.6) is 5.75 Å². The molecule has 1 aromatic carbocycles. The minimum Gasteiger partial charge on any atom is -0.497 e. The van der Waals surface area contributed by atoms with Crippen LogP contribution in [0.3, 0.4) is 0 Å². The first-order chi connectivity index (χ1) is 15.0. The molecule has 2 aliphatic rings. The van der Waals surface area contributed by atoms with Gasteiger partial charge in [0.1, 0.15) is 11.4 Å². The van der Waals surface area contributed by atoms with Crippen molar-refractivity contribution in [1.29, 1.82) is 0 Å². The van der Waals surface area contributed by atoms with E-state index in [2.05, 4.69) is 25.1 Å². The molecule has 2 aliphatic heterocycles. The summed E-state index contributed by atoms with van der Waals surface area (Å²) in [5, 5.41) is 8.43. The van der Waals surface area contributed by atoms with Crippen LogP contribution in [0.15, 0.2) is 36.7 Å². The molecule has 0 radical (unpaired) electrons. The molecule has 9 nitrogen and oxygen atoms in total. The summed E-state index contributed by atoms with van der Waals surface area (Å²) >= 11 is 0. The zero-order chi connectivity index (χ0) is 21.5. The Morgan fingerprint density at radius 3 is 2.26 bits per heavy atom. The van der Waals surface area contributed by atoms with Crippen LogP contribution in [0.1, 0.15) is 34.6 Å². The molecule has 160 valence electrons. The smallest absolute Gasteiger partial charge is 0.256 e. The van der Waals surface area contributed by atoms with E-state index in [1.165, 1.54) is 4.80 Å². The van der Waals surface area contributed by atoms with Crippen molar-refractivity contribution in [3.63, 3.8) is 0 Å². The number of aryl methyl sites for hydroxylation is 2. The number of rotatable bonds is 4. The van der Waals surface area contributed by atoms with E-state index in [1.807, 2.05) is 24.8 Å². The number of hydrogen-bond acceptors (Lipinski definition) is 7. The Balaban J connectivity index is 1.43. The summed E-state index contributed by atoms with van der Waals surface area (Å²) in [6.07, 6.45) is 5.25. The number of hydrogen-bond donors (Lipinski definition) is 0. The first kappa shape index (κ1) is 19.5. The molecule has 31 heavy (non-hydrogen) atoms. The van der Waals surface area contributed by atoms with Crippen molar-refractivity contribution in [3.05, 3.63) is 53.6 Å². The molecule has 5 rings (SSSR count). The molecule has 0 spiro atoms. The van der Waals surface area contributed by atoms with Crippen LogP contribution >= 0.6 is 0 Å². The third-order valence-corrected chi connectivity index (χ3v) is 6.04. The van der Waals surface area contributed by atoms with Gasteiger partial charge in [-0.3, -0.25) is 4.79 Å². The molecule has 2 fully saturated rings.